The van der Waals surface area contributed by atoms with Gasteiger partial charge in [-0.3, -0.25) is 4.79 Å². The summed E-state index contributed by atoms with van der Waals surface area (Å²) in [5.41, 5.74) is 8.80. The fourth-order valence-corrected chi connectivity index (χ4v) is 1.84. The number of carbonyl (C=O) groups is 1. The summed E-state index contributed by atoms with van der Waals surface area (Å²) in [4.78, 5) is 12.0. The van der Waals surface area contributed by atoms with Gasteiger partial charge in [-0.25, -0.2) is 0 Å². The van der Waals surface area contributed by atoms with E-state index in [1.165, 1.54) is 0 Å². The Hall–Kier alpha value is -2.82. The largest absolute Gasteiger partial charge is 0.409 e. The summed E-state index contributed by atoms with van der Waals surface area (Å²) in [6, 6.07) is 14.5. The molecule has 0 spiro atoms. The molecule has 0 saturated carbocycles. The van der Waals surface area contributed by atoms with Gasteiger partial charge in [0.1, 0.15) is 0 Å². The fourth-order valence-electron chi connectivity index (χ4n) is 1.84. The first-order valence-electron chi connectivity index (χ1n) is 6.52. The van der Waals surface area contributed by atoms with Crippen LogP contribution in [-0.2, 0) is 6.54 Å². The number of nitrogens with zero attached hydrogens (tertiary/aromatic N) is 1. The molecule has 0 radical (unpaired) electrons. The van der Waals surface area contributed by atoms with Crippen LogP contribution in [0.2, 0.25) is 0 Å². The van der Waals surface area contributed by atoms with E-state index in [0.717, 1.165) is 11.1 Å². The highest BCUT2D eigenvalue weighted by molar-refractivity contribution is 5.97. The van der Waals surface area contributed by atoms with Crippen molar-refractivity contribution in [2.24, 2.45) is 10.9 Å². The number of benzene rings is 2. The molecule has 0 aliphatic heterocycles. The van der Waals surface area contributed by atoms with Crippen LogP contribution in [0.25, 0.3) is 0 Å². The van der Waals surface area contributed by atoms with Crippen molar-refractivity contribution in [2.75, 3.05) is 0 Å². The number of hydrogen-bond acceptors (Lipinski definition) is 3. The zero-order valence-electron chi connectivity index (χ0n) is 11.7. The van der Waals surface area contributed by atoms with E-state index in [-0.39, 0.29) is 11.7 Å². The molecule has 21 heavy (non-hydrogen) atoms. The predicted octanol–water partition coefficient (Wildman–Crippen LogP) is 2.02. The Bertz CT molecular complexity index is 646. The van der Waals surface area contributed by atoms with E-state index >= 15 is 0 Å². The second kappa shape index (κ2) is 6.56. The Morgan fingerprint density at radius 1 is 1.10 bits per heavy atom. The first-order chi connectivity index (χ1) is 10.1. The van der Waals surface area contributed by atoms with Gasteiger partial charge in [0.25, 0.3) is 5.91 Å². The van der Waals surface area contributed by atoms with Crippen LogP contribution in [0.5, 0.6) is 0 Å². The summed E-state index contributed by atoms with van der Waals surface area (Å²) in [5, 5.41) is 14.4. The Balaban J connectivity index is 1.96. The molecular formula is C16H17N3O2. The molecule has 1 amide bonds. The van der Waals surface area contributed by atoms with E-state index in [1.54, 1.807) is 24.3 Å². The van der Waals surface area contributed by atoms with E-state index < -0.39 is 0 Å². The summed E-state index contributed by atoms with van der Waals surface area (Å²) in [6.45, 7) is 2.40. The van der Waals surface area contributed by atoms with Crippen molar-refractivity contribution >= 4 is 11.7 Å². The first kappa shape index (κ1) is 14.6. The third-order valence-electron chi connectivity index (χ3n) is 3.12. The average molecular weight is 283 g/mol. The van der Waals surface area contributed by atoms with Crippen LogP contribution in [-0.4, -0.2) is 17.0 Å². The Labute approximate surface area is 123 Å². The summed E-state index contributed by atoms with van der Waals surface area (Å²) in [7, 11) is 0. The number of nitrogens with two attached hydrogens (primary N) is 1. The van der Waals surface area contributed by atoms with Gasteiger partial charge in [0.2, 0.25) is 0 Å². The van der Waals surface area contributed by atoms with Gasteiger partial charge >= 0.3 is 0 Å². The van der Waals surface area contributed by atoms with Crippen LogP contribution < -0.4 is 11.1 Å². The van der Waals surface area contributed by atoms with Crippen molar-refractivity contribution < 1.29 is 10.0 Å². The molecule has 2 rings (SSSR count). The monoisotopic (exact) mass is 283 g/mol. The van der Waals surface area contributed by atoms with Gasteiger partial charge in [-0.05, 0) is 24.6 Å². The molecule has 2 aromatic rings. The zero-order valence-corrected chi connectivity index (χ0v) is 11.7. The number of rotatable bonds is 4. The number of aryl methyl sites for hydroxylation is 1. The minimum atomic E-state index is -0.115. The Kier molecular flexibility index (Phi) is 4.56. The average Bonchev–Trinajstić information content (AvgIpc) is 2.53. The van der Waals surface area contributed by atoms with Gasteiger partial charge in [0, 0.05) is 17.7 Å². The number of oxime groups is 1. The van der Waals surface area contributed by atoms with Crippen LogP contribution in [0.3, 0.4) is 0 Å². The Morgan fingerprint density at radius 2 is 1.67 bits per heavy atom. The molecule has 0 aliphatic rings. The highest BCUT2D eigenvalue weighted by Crippen LogP contribution is 2.06. The maximum Gasteiger partial charge on any atom is 0.251 e. The highest BCUT2D eigenvalue weighted by Gasteiger charge is 2.05. The van der Waals surface area contributed by atoms with E-state index in [0.29, 0.717) is 17.7 Å². The lowest BCUT2D eigenvalue weighted by Gasteiger charge is -2.06. The molecule has 0 saturated heterocycles. The van der Waals surface area contributed by atoms with Crippen LogP contribution in [0.1, 0.15) is 27.0 Å². The summed E-state index contributed by atoms with van der Waals surface area (Å²) in [6.07, 6.45) is 0. The predicted molar refractivity (Wildman–Crippen MR) is 81.3 cm³/mol. The molecule has 108 valence electrons. The molecule has 0 aliphatic carbocycles. The third-order valence-corrected chi connectivity index (χ3v) is 3.12. The molecule has 4 N–H and O–H groups in total. The van der Waals surface area contributed by atoms with Gasteiger partial charge in [-0.2, -0.15) is 0 Å². The normalized spacial score (nSPS) is 11.2. The molecule has 0 aromatic heterocycles. The van der Waals surface area contributed by atoms with E-state index in [4.69, 9.17) is 10.9 Å². The SMILES string of the molecule is Cc1ccc(C(=O)NCc2ccc(C(N)=NO)cc2)cc1. The van der Waals surface area contributed by atoms with Crippen LogP contribution in [0, 0.1) is 6.92 Å². The molecule has 0 atom stereocenters. The second-order valence-electron chi connectivity index (χ2n) is 4.73. The maximum atomic E-state index is 12.0. The molecule has 0 unspecified atom stereocenters. The molecule has 0 fully saturated rings. The standard InChI is InChI=1S/C16H17N3O2/c1-11-2-6-14(7-3-11)16(20)18-10-12-4-8-13(9-5-12)15(17)19-21/h2-9,21H,10H2,1H3,(H2,17,19)(H,18,20). The minimum Gasteiger partial charge on any atom is -0.409 e. The van der Waals surface area contributed by atoms with Gasteiger partial charge in [0.05, 0.1) is 0 Å². The van der Waals surface area contributed by atoms with Crippen molar-refractivity contribution in [1.82, 2.24) is 5.32 Å². The summed E-state index contributed by atoms with van der Waals surface area (Å²) < 4.78 is 0. The zero-order chi connectivity index (χ0) is 15.2. The van der Waals surface area contributed by atoms with Crippen molar-refractivity contribution in [3.63, 3.8) is 0 Å². The van der Waals surface area contributed by atoms with Crippen molar-refractivity contribution in [1.29, 1.82) is 0 Å². The van der Waals surface area contributed by atoms with Gasteiger partial charge in [0.15, 0.2) is 5.84 Å². The fraction of sp³-hybridized carbons (Fsp3) is 0.125. The van der Waals surface area contributed by atoms with Crippen molar-refractivity contribution in [3.8, 4) is 0 Å². The van der Waals surface area contributed by atoms with Crippen LogP contribution >= 0.6 is 0 Å². The first-order valence-corrected chi connectivity index (χ1v) is 6.52. The second-order valence-corrected chi connectivity index (χ2v) is 4.73. The number of hydrogen-bond donors (Lipinski definition) is 3. The molecule has 0 bridgehead atoms. The number of amidine groups is 1. The molecule has 0 heterocycles. The number of carbonyl (C=O) groups excluding carboxylic acids is 1. The lowest BCUT2D eigenvalue weighted by Crippen LogP contribution is -2.22. The molecule has 5 nitrogen and oxygen atoms in total. The van der Waals surface area contributed by atoms with Crippen molar-refractivity contribution in [3.05, 3.63) is 70.8 Å². The summed E-state index contributed by atoms with van der Waals surface area (Å²) >= 11 is 0. The third kappa shape index (κ3) is 3.82. The van der Waals surface area contributed by atoms with Crippen LogP contribution in [0.4, 0.5) is 0 Å². The molecule has 2 aromatic carbocycles. The lowest BCUT2D eigenvalue weighted by molar-refractivity contribution is 0.0951. The van der Waals surface area contributed by atoms with Crippen molar-refractivity contribution in [2.45, 2.75) is 13.5 Å². The maximum absolute atomic E-state index is 12.0. The topological polar surface area (TPSA) is 87.7 Å². The number of amides is 1. The lowest BCUT2D eigenvalue weighted by atomic mass is 10.1. The van der Waals surface area contributed by atoms with Gasteiger partial charge < -0.3 is 16.3 Å². The number of nitrogens with one attached hydrogen (secondary N) is 1. The van der Waals surface area contributed by atoms with Gasteiger partial charge in [-0.1, -0.05) is 47.1 Å². The summed E-state index contributed by atoms with van der Waals surface area (Å²) in [5.74, 6) is -0.0549. The minimum absolute atomic E-state index is 0.0604. The smallest absolute Gasteiger partial charge is 0.251 e. The van der Waals surface area contributed by atoms with Gasteiger partial charge in [-0.15, -0.1) is 0 Å². The van der Waals surface area contributed by atoms with Crippen LogP contribution in [0.15, 0.2) is 53.7 Å². The van der Waals surface area contributed by atoms with E-state index in [2.05, 4.69) is 10.5 Å². The van der Waals surface area contributed by atoms with E-state index in [9.17, 15) is 4.79 Å². The van der Waals surface area contributed by atoms with E-state index in [1.807, 2.05) is 31.2 Å². The molecular weight excluding hydrogens is 266 g/mol. The highest BCUT2D eigenvalue weighted by atomic mass is 16.4. The molecule has 5 heteroatoms. The quantitative estimate of drug-likeness (QED) is 0.347. The Morgan fingerprint density at radius 3 is 2.24 bits per heavy atom.